The minimum absolute atomic E-state index is 0.0862. The zero-order chi connectivity index (χ0) is 18.7. The maximum Gasteiger partial charge on any atom is 0.314 e. The predicted octanol–water partition coefficient (Wildman–Crippen LogP) is 4.00. The zero-order valence-electron chi connectivity index (χ0n) is 13.8. The van der Waals surface area contributed by atoms with Gasteiger partial charge in [0.25, 0.3) is 0 Å². The van der Waals surface area contributed by atoms with E-state index in [0.29, 0.717) is 18.6 Å². The Bertz CT molecular complexity index is 874. The van der Waals surface area contributed by atoms with Crippen molar-refractivity contribution in [1.82, 2.24) is 4.31 Å². The van der Waals surface area contributed by atoms with Crippen molar-refractivity contribution in [3.8, 4) is 5.75 Å². The van der Waals surface area contributed by atoms with Gasteiger partial charge in [-0.1, -0.05) is 47.5 Å². The van der Waals surface area contributed by atoms with Gasteiger partial charge in [0.15, 0.2) is 0 Å². The maximum atomic E-state index is 12.8. The van der Waals surface area contributed by atoms with E-state index in [1.807, 2.05) is 6.07 Å². The molecule has 5 nitrogen and oxygen atoms in total. The highest BCUT2D eigenvalue weighted by Crippen LogP contribution is 2.33. The summed E-state index contributed by atoms with van der Waals surface area (Å²) in [6, 6.07) is 13.4. The second-order valence-corrected chi connectivity index (χ2v) is 8.65. The van der Waals surface area contributed by atoms with Gasteiger partial charge in [-0.3, -0.25) is 4.79 Å². The molecule has 1 heterocycles. The van der Waals surface area contributed by atoms with Crippen LogP contribution < -0.4 is 4.74 Å². The smallest absolute Gasteiger partial charge is 0.314 e. The van der Waals surface area contributed by atoms with Crippen molar-refractivity contribution < 1.29 is 17.9 Å². The van der Waals surface area contributed by atoms with Crippen molar-refractivity contribution in [2.75, 3.05) is 13.1 Å². The lowest BCUT2D eigenvalue weighted by atomic mass is 9.98. The number of esters is 1. The lowest BCUT2D eigenvalue weighted by Crippen LogP contribution is -2.41. The zero-order valence-corrected chi connectivity index (χ0v) is 16.1. The molecule has 0 saturated carbocycles. The van der Waals surface area contributed by atoms with Crippen LogP contribution in [0.1, 0.15) is 12.8 Å². The first kappa shape index (κ1) is 19.2. The van der Waals surface area contributed by atoms with Crippen molar-refractivity contribution in [1.29, 1.82) is 0 Å². The van der Waals surface area contributed by atoms with Crippen molar-refractivity contribution in [2.24, 2.45) is 5.92 Å². The van der Waals surface area contributed by atoms with Gasteiger partial charge in [-0.05, 0) is 37.1 Å². The summed E-state index contributed by atoms with van der Waals surface area (Å²) in [5.74, 6) is -0.206. The Morgan fingerprint density at radius 1 is 0.962 bits per heavy atom. The van der Waals surface area contributed by atoms with Gasteiger partial charge in [0.2, 0.25) is 10.0 Å². The number of rotatable bonds is 4. The molecule has 1 aliphatic rings. The van der Waals surface area contributed by atoms with Gasteiger partial charge in [-0.25, -0.2) is 8.42 Å². The predicted molar refractivity (Wildman–Crippen MR) is 100 cm³/mol. The summed E-state index contributed by atoms with van der Waals surface area (Å²) in [5.41, 5.74) is 0. The molecule has 0 aliphatic carbocycles. The van der Waals surface area contributed by atoms with Crippen LogP contribution in [-0.4, -0.2) is 31.8 Å². The standard InChI is InChI=1S/C18H17Cl2NO4S/c19-15-7-4-8-16(20)17(15)26(23,24)21-11-9-13(10-12-21)18(22)25-14-5-2-1-3-6-14/h1-8,13H,9-12H2. The fourth-order valence-electron chi connectivity index (χ4n) is 2.88. The highest BCUT2D eigenvalue weighted by Gasteiger charge is 2.35. The number of nitrogens with zero attached hydrogens (tertiary/aromatic N) is 1. The fraction of sp³-hybridized carbons (Fsp3) is 0.278. The molecule has 0 amide bonds. The Morgan fingerprint density at radius 3 is 2.12 bits per heavy atom. The third kappa shape index (κ3) is 4.04. The van der Waals surface area contributed by atoms with Gasteiger partial charge in [-0.15, -0.1) is 0 Å². The van der Waals surface area contributed by atoms with Crippen LogP contribution in [0.2, 0.25) is 10.0 Å². The Balaban J connectivity index is 1.67. The molecule has 0 unspecified atom stereocenters. The molecule has 138 valence electrons. The van der Waals surface area contributed by atoms with E-state index >= 15 is 0 Å². The van der Waals surface area contributed by atoms with Crippen LogP contribution in [0.25, 0.3) is 0 Å². The van der Waals surface area contributed by atoms with Crippen LogP contribution in [-0.2, 0) is 14.8 Å². The molecule has 1 aliphatic heterocycles. The third-order valence-corrected chi connectivity index (χ3v) is 7.12. The van der Waals surface area contributed by atoms with E-state index in [2.05, 4.69) is 0 Å². The average molecular weight is 414 g/mol. The number of para-hydroxylation sites is 1. The minimum atomic E-state index is -3.81. The van der Waals surface area contributed by atoms with Crippen molar-refractivity contribution in [3.63, 3.8) is 0 Å². The van der Waals surface area contributed by atoms with Gasteiger partial charge in [0.1, 0.15) is 10.6 Å². The molecule has 26 heavy (non-hydrogen) atoms. The number of carbonyl (C=O) groups is 1. The molecule has 1 saturated heterocycles. The van der Waals surface area contributed by atoms with E-state index in [4.69, 9.17) is 27.9 Å². The largest absolute Gasteiger partial charge is 0.426 e. The minimum Gasteiger partial charge on any atom is -0.426 e. The second-order valence-electron chi connectivity index (χ2n) is 5.96. The van der Waals surface area contributed by atoms with E-state index in [1.54, 1.807) is 30.3 Å². The number of carbonyl (C=O) groups excluding carboxylic acids is 1. The molecular weight excluding hydrogens is 397 g/mol. The number of hydrogen-bond donors (Lipinski definition) is 0. The highest BCUT2D eigenvalue weighted by molar-refractivity contribution is 7.89. The molecule has 0 spiro atoms. The topological polar surface area (TPSA) is 63.7 Å². The van der Waals surface area contributed by atoms with Crippen LogP contribution >= 0.6 is 23.2 Å². The number of benzene rings is 2. The van der Waals surface area contributed by atoms with Crippen LogP contribution in [0.3, 0.4) is 0 Å². The molecule has 1 fully saturated rings. The number of piperidine rings is 1. The first-order chi connectivity index (χ1) is 12.4. The first-order valence-corrected chi connectivity index (χ1v) is 10.3. The molecule has 0 bridgehead atoms. The first-order valence-electron chi connectivity index (χ1n) is 8.10. The normalized spacial score (nSPS) is 16.4. The molecular formula is C18H17Cl2NO4S. The van der Waals surface area contributed by atoms with E-state index in [9.17, 15) is 13.2 Å². The van der Waals surface area contributed by atoms with Crippen molar-refractivity contribution in [2.45, 2.75) is 17.7 Å². The summed E-state index contributed by atoms with van der Waals surface area (Å²) >= 11 is 12.1. The van der Waals surface area contributed by atoms with Gasteiger partial charge >= 0.3 is 5.97 Å². The molecule has 0 radical (unpaired) electrons. The monoisotopic (exact) mass is 413 g/mol. The van der Waals surface area contributed by atoms with E-state index in [1.165, 1.54) is 16.4 Å². The lowest BCUT2D eigenvalue weighted by Gasteiger charge is -2.30. The van der Waals surface area contributed by atoms with Gasteiger partial charge < -0.3 is 4.74 Å². The molecule has 2 aromatic rings. The maximum absolute atomic E-state index is 12.8. The summed E-state index contributed by atoms with van der Waals surface area (Å²) in [5, 5.41) is 0.172. The molecule has 0 aromatic heterocycles. The second kappa shape index (κ2) is 7.96. The number of ether oxygens (including phenoxy) is 1. The Hall–Kier alpha value is -1.60. The molecule has 2 aromatic carbocycles. The van der Waals surface area contributed by atoms with Gasteiger partial charge in [0, 0.05) is 13.1 Å². The lowest BCUT2D eigenvalue weighted by molar-refractivity contribution is -0.140. The molecule has 0 atom stereocenters. The van der Waals surface area contributed by atoms with Crippen LogP contribution in [0.4, 0.5) is 0 Å². The molecule has 8 heteroatoms. The summed E-state index contributed by atoms with van der Waals surface area (Å²) < 4.78 is 32.3. The SMILES string of the molecule is O=C(Oc1ccccc1)C1CCN(S(=O)(=O)c2c(Cl)cccc2Cl)CC1. The highest BCUT2D eigenvalue weighted by atomic mass is 35.5. The number of hydrogen-bond acceptors (Lipinski definition) is 4. The van der Waals surface area contributed by atoms with Crippen LogP contribution in [0.15, 0.2) is 53.4 Å². The van der Waals surface area contributed by atoms with Crippen LogP contribution in [0, 0.1) is 5.92 Å². The summed E-state index contributed by atoms with van der Waals surface area (Å²) in [7, 11) is -3.81. The number of halogens is 2. The summed E-state index contributed by atoms with van der Waals surface area (Å²) in [6.07, 6.45) is 0.764. The fourth-order valence-corrected chi connectivity index (χ4v) is 5.44. The van der Waals surface area contributed by atoms with Crippen molar-refractivity contribution in [3.05, 3.63) is 58.6 Å². The molecule has 0 N–H and O–H groups in total. The Kier molecular flexibility index (Phi) is 5.87. The Morgan fingerprint density at radius 2 is 1.54 bits per heavy atom. The van der Waals surface area contributed by atoms with E-state index in [-0.39, 0.29) is 39.9 Å². The Labute approximate surface area is 162 Å². The van der Waals surface area contributed by atoms with Crippen LogP contribution in [0.5, 0.6) is 5.75 Å². The summed E-state index contributed by atoms with van der Waals surface area (Å²) in [6.45, 7) is 0.414. The van der Waals surface area contributed by atoms with E-state index < -0.39 is 10.0 Å². The van der Waals surface area contributed by atoms with Crippen molar-refractivity contribution >= 4 is 39.2 Å². The quantitative estimate of drug-likeness (QED) is 0.561. The number of sulfonamides is 1. The molecule has 3 rings (SSSR count). The van der Waals surface area contributed by atoms with E-state index in [0.717, 1.165) is 0 Å². The average Bonchev–Trinajstić information content (AvgIpc) is 2.62. The van der Waals surface area contributed by atoms with Gasteiger partial charge in [0.05, 0.1) is 16.0 Å². The third-order valence-electron chi connectivity index (χ3n) is 4.27. The van der Waals surface area contributed by atoms with Gasteiger partial charge in [-0.2, -0.15) is 4.31 Å². The summed E-state index contributed by atoms with van der Waals surface area (Å²) in [4.78, 5) is 12.2.